The Bertz CT molecular complexity index is 1340. The number of carbonyl (C=O) groups excluding carboxylic acids is 2. The lowest BCUT2D eigenvalue weighted by Crippen LogP contribution is -2.50. The van der Waals surface area contributed by atoms with Gasteiger partial charge in [-0.15, -0.1) is 0 Å². The van der Waals surface area contributed by atoms with Crippen LogP contribution in [0.3, 0.4) is 0 Å². The monoisotopic (exact) mass is 533 g/mol. The van der Waals surface area contributed by atoms with E-state index in [4.69, 9.17) is 17.3 Å². The van der Waals surface area contributed by atoms with Gasteiger partial charge in [0.1, 0.15) is 22.9 Å². The van der Waals surface area contributed by atoms with E-state index in [0.29, 0.717) is 32.0 Å². The quantitative estimate of drug-likeness (QED) is 0.444. The number of urea groups is 1. The van der Waals surface area contributed by atoms with Crippen LogP contribution in [0.1, 0.15) is 6.42 Å². The number of amides is 3. The average Bonchev–Trinajstić information content (AvgIpc) is 2.85. The van der Waals surface area contributed by atoms with E-state index in [-0.39, 0.29) is 51.9 Å². The van der Waals surface area contributed by atoms with Crippen LogP contribution in [0.5, 0.6) is 5.75 Å². The van der Waals surface area contributed by atoms with Crippen LogP contribution >= 0.6 is 11.6 Å². The Morgan fingerprint density at radius 3 is 2.49 bits per heavy atom. The number of aromatic hydroxyl groups is 1. The highest BCUT2D eigenvalue weighted by molar-refractivity contribution is 6.34. The lowest BCUT2D eigenvalue weighted by molar-refractivity contribution is -0.128. The molecule has 0 unspecified atom stereocenters. The lowest BCUT2D eigenvalue weighted by Gasteiger charge is -2.35. The van der Waals surface area contributed by atoms with E-state index in [1.807, 2.05) is 4.90 Å². The molecule has 2 aromatic carbocycles. The number of piperazine rings is 1. The second kappa shape index (κ2) is 10.6. The van der Waals surface area contributed by atoms with Crippen molar-refractivity contribution >= 4 is 46.2 Å². The molecule has 3 amide bonds. The van der Waals surface area contributed by atoms with Crippen LogP contribution in [0.2, 0.25) is 5.02 Å². The largest absolute Gasteiger partial charge is 0.507 e. The molecule has 0 saturated carbocycles. The summed E-state index contributed by atoms with van der Waals surface area (Å²) < 4.78 is 30.6. The molecule has 2 heterocycles. The summed E-state index contributed by atoms with van der Waals surface area (Å²) in [6, 6.07) is 4.51. The Hall–Kier alpha value is -3.93. The Kier molecular flexibility index (Phi) is 7.48. The van der Waals surface area contributed by atoms with Crippen LogP contribution in [0, 0.1) is 11.6 Å². The molecule has 0 bridgehead atoms. The zero-order chi connectivity index (χ0) is 26.9. The van der Waals surface area contributed by atoms with E-state index >= 15 is 4.39 Å². The van der Waals surface area contributed by atoms with Crippen molar-refractivity contribution in [2.45, 2.75) is 6.42 Å². The number of phenols is 1. The van der Waals surface area contributed by atoms with Gasteiger partial charge in [-0.1, -0.05) is 17.7 Å². The maximum atomic E-state index is 16.0. The van der Waals surface area contributed by atoms with Gasteiger partial charge in [0.2, 0.25) is 11.9 Å². The van der Waals surface area contributed by atoms with Crippen LogP contribution in [-0.4, -0.2) is 83.6 Å². The summed E-state index contributed by atoms with van der Waals surface area (Å²) in [5.74, 6) is -1.98. The third-order valence-corrected chi connectivity index (χ3v) is 6.41. The maximum Gasteiger partial charge on any atom is 0.314 e. The van der Waals surface area contributed by atoms with Gasteiger partial charge in [-0.25, -0.2) is 18.6 Å². The number of aromatic nitrogens is 2. The minimum Gasteiger partial charge on any atom is -0.507 e. The standard InChI is InChI=1S/C24H26ClF2N7O3/c1-32(2)17(36)6-7-29-24-30-21-13(22(31-24)33-8-10-34(11-9-33)23(28)37)12-14(25)18(20(21)27)19-15(26)4-3-5-16(19)35/h3-5,12,35H,6-11H2,1-2H3,(H2,28,37)(H,29,30,31). The third-order valence-electron chi connectivity index (χ3n) is 6.12. The number of primary amides is 1. The minimum atomic E-state index is -0.935. The van der Waals surface area contributed by atoms with Crippen molar-refractivity contribution in [2.75, 3.05) is 57.0 Å². The van der Waals surface area contributed by atoms with Gasteiger partial charge in [0.25, 0.3) is 0 Å². The van der Waals surface area contributed by atoms with Gasteiger partial charge >= 0.3 is 6.03 Å². The molecule has 0 spiro atoms. The summed E-state index contributed by atoms with van der Waals surface area (Å²) in [5.41, 5.74) is 4.53. The SMILES string of the molecule is CN(C)C(=O)CCNc1nc(N2CCN(C(N)=O)CC2)c2cc(Cl)c(-c3c(O)cccc3F)c(F)c2n1. The summed E-state index contributed by atoms with van der Waals surface area (Å²) >= 11 is 6.43. The molecule has 1 fully saturated rings. The van der Waals surface area contributed by atoms with Gasteiger partial charge in [0.15, 0.2) is 5.82 Å². The first-order valence-electron chi connectivity index (χ1n) is 11.5. The molecule has 196 valence electrons. The Morgan fingerprint density at radius 1 is 1.16 bits per heavy atom. The number of carbonyl (C=O) groups is 2. The lowest BCUT2D eigenvalue weighted by atomic mass is 10.0. The van der Waals surface area contributed by atoms with Crippen LogP contribution in [-0.2, 0) is 4.79 Å². The highest BCUT2D eigenvalue weighted by Crippen LogP contribution is 2.42. The maximum absolute atomic E-state index is 16.0. The number of nitrogens with one attached hydrogen (secondary N) is 1. The van der Waals surface area contributed by atoms with Crippen LogP contribution < -0.4 is 16.0 Å². The van der Waals surface area contributed by atoms with Crippen molar-refractivity contribution in [3.8, 4) is 16.9 Å². The van der Waals surface area contributed by atoms with E-state index in [1.54, 1.807) is 14.1 Å². The molecule has 1 aliphatic rings. The first-order valence-corrected chi connectivity index (χ1v) is 11.9. The van der Waals surface area contributed by atoms with E-state index in [0.717, 1.165) is 6.07 Å². The van der Waals surface area contributed by atoms with Crippen LogP contribution in [0.15, 0.2) is 24.3 Å². The van der Waals surface area contributed by atoms with Gasteiger partial charge < -0.3 is 30.9 Å². The van der Waals surface area contributed by atoms with E-state index < -0.39 is 23.4 Å². The molecule has 3 aromatic rings. The highest BCUT2D eigenvalue weighted by atomic mass is 35.5. The summed E-state index contributed by atoms with van der Waals surface area (Å²) in [6.07, 6.45) is 0.151. The molecule has 0 aliphatic carbocycles. The molecule has 4 N–H and O–H groups in total. The number of rotatable bonds is 6. The van der Waals surface area contributed by atoms with Crippen molar-refractivity contribution in [3.05, 3.63) is 40.9 Å². The number of nitrogens with zero attached hydrogens (tertiary/aromatic N) is 5. The van der Waals surface area contributed by atoms with Gasteiger partial charge in [-0.3, -0.25) is 4.79 Å². The van der Waals surface area contributed by atoms with E-state index in [2.05, 4.69) is 15.3 Å². The molecular formula is C24H26ClF2N7O3. The summed E-state index contributed by atoms with van der Waals surface area (Å²) in [4.78, 5) is 37.1. The number of hydrogen-bond acceptors (Lipinski definition) is 7. The number of benzene rings is 2. The Balaban J connectivity index is 1.82. The van der Waals surface area contributed by atoms with Crippen LogP contribution in [0.4, 0.5) is 25.3 Å². The van der Waals surface area contributed by atoms with Gasteiger partial charge in [0, 0.05) is 64.2 Å². The predicted molar refractivity (Wildman–Crippen MR) is 137 cm³/mol. The molecule has 1 aromatic heterocycles. The highest BCUT2D eigenvalue weighted by Gasteiger charge is 2.27. The molecule has 4 rings (SSSR count). The van der Waals surface area contributed by atoms with Crippen molar-refractivity contribution < 1.29 is 23.5 Å². The number of halogens is 3. The fraction of sp³-hybridized carbons (Fsp3) is 0.333. The first-order chi connectivity index (χ1) is 17.6. The van der Waals surface area contributed by atoms with Crippen molar-refractivity contribution in [2.24, 2.45) is 5.73 Å². The fourth-order valence-electron chi connectivity index (χ4n) is 4.13. The zero-order valence-electron chi connectivity index (χ0n) is 20.3. The Labute approximate surface area is 216 Å². The summed E-state index contributed by atoms with van der Waals surface area (Å²) in [5, 5.41) is 13.3. The molecule has 0 atom stereocenters. The normalized spacial score (nSPS) is 13.6. The topological polar surface area (TPSA) is 128 Å². The van der Waals surface area contributed by atoms with E-state index in [1.165, 1.54) is 28.0 Å². The second-order valence-electron chi connectivity index (χ2n) is 8.73. The number of nitrogens with two attached hydrogens (primary N) is 1. The number of phenolic OH excluding ortho intramolecular Hbond substituents is 1. The van der Waals surface area contributed by atoms with Crippen molar-refractivity contribution in [3.63, 3.8) is 0 Å². The average molecular weight is 534 g/mol. The molecule has 37 heavy (non-hydrogen) atoms. The van der Waals surface area contributed by atoms with Gasteiger partial charge in [-0.2, -0.15) is 4.98 Å². The molecule has 1 saturated heterocycles. The van der Waals surface area contributed by atoms with Crippen molar-refractivity contribution in [1.82, 2.24) is 19.8 Å². The first kappa shape index (κ1) is 26.1. The predicted octanol–water partition coefficient (Wildman–Crippen LogP) is 3.02. The summed E-state index contributed by atoms with van der Waals surface area (Å²) in [7, 11) is 3.27. The number of fused-ring (bicyclic) bond motifs is 1. The van der Waals surface area contributed by atoms with Crippen LogP contribution in [0.25, 0.3) is 22.0 Å². The summed E-state index contributed by atoms with van der Waals surface area (Å²) in [6.45, 7) is 1.58. The molecule has 1 aliphatic heterocycles. The zero-order valence-corrected chi connectivity index (χ0v) is 21.0. The fourth-order valence-corrected chi connectivity index (χ4v) is 4.42. The van der Waals surface area contributed by atoms with E-state index in [9.17, 15) is 19.1 Å². The molecule has 0 radical (unpaired) electrons. The second-order valence-corrected chi connectivity index (χ2v) is 9.13. The van der Waals surface area contributed by atoms with Crippen molar-refractivity contribution in [1.29, 1.82) is 0 Å². The number of anilines is 2. The molecular weight excluding hydrogens is 508 g/mol. The van der Waals surface area contributed by atoms with Gasteiger partial charge in [-0.05, 0) is 18.2 Å². The third kappa shape index (κ3) is 5.29. The molecule has 10 nitrogen and oxygen atoms in total. The Morgan fingerprint density at radius 2 is 1.86 bits per heavy atom. The smallest absolute Gasteiger partial charge is 0.314 e. The molecule has 13 heteroatoms. The number of hydrogen-bond donors (Lipinski definition) is 3. The minimum absolute atomic E-state index is 0.0521. The van der Waals surface area contributed by atoms with Gasteiger partial charge in [0.05, 0.1) is 10.6 Å².